The van der Waals surface area contributed by atoms with Gasteiger partial charge in [0.05, 0.1) is 12.6 Å². The molecule has 0 spiro atoms. The van der Waals surface area contributed by atoms with Crippen LogP contribution in [0.1, 0.15) is 34.1 Å². The summed E-state index contributed by atoms with van der Waals surface area (Å²) in [5.74, 6) is 0.927. The van der Waals surface area contributed by atoms with Crippen molar-refractivity contribution in [2.24, 2.45) is 0 Å². The van der Waals surface area contributed by atoms with Crippen molar-refractivity contribution in [3.63, 3.8) is 0 Å². The predicted octanol–water partition coefficient (Wildman–Crippen LogP) is 5.87. The van der Waals surface area contributed by atoms with E-state index in [1.165, 1.54) is 22.3 Å². The molecule has 1 aliphatic heterocycles. The van der Waals surface area contributed by atoms with Gasteiger partial charge in [-0.2, -0.15) is 0 Å². The Morgan fingerprint density at radius 3 is 2.21 bits per heavy atom. The molecule has 0 N–H and O–H groups in total. The van der Waals surface area contributed by atoms with E-state index in [4.69, 9.17) is 4.52 Å². The first kappa shape index (κ1) is 21.6. The Balaban J connectivity index is 1.29. The summed E-state index contributed by atoms with van der Waals surface area (Å²) in [6, 6.07) is 30.3. The highest BCUT2D eigenvalue weighted by molar-refractivity contribution is 5.58. The second kappa shape index (κ2) is 9.74. The van der Waals surface area contributed by atoms with E-state index in [0.717, 1.165) is 49.7 Å². The molecule has 3 aromatic carbocycles. The van der Waals surface area contributed by atoms with Crippen LogP contribution in [0.3, 0.4) is 0 Å². The van der Waals surface area contributed by atoms with Gasteiger partial charge >= 0.3 is 0 Å². The summed E-state index contributed by atoms with van der Waals surface area (Å²) in [4.78, 5) is 5.09. The Kier molecular flexibility index (Phi) is 6.38. The van der Waals surface area contributed by atoms with E-state index in [-0.39, 0.29) is 6.04 Å². The fourth-order valence-corrected chi connectivity index (χ4v) is 4.89. The summed E-state index contributed by atoms with van der Waals surface area (Å²) in [6.45, 7) is 9.26. The van der Waals surface area contributed by atoms with Gasteiger partial charge in [-0.1, -0.05) is 89.6 Å². The van der Waals surface area contributed by atoms with Crippen molar-refractivity contribution in [1.82, 2.24) is 15.0 Å². The summed E-state index contributed by atoms with van der Waals surface area (Å²) in [6.07, 6.45) is 0. The van der Waals surface area contributed by atoms with Gasteiger partial charge in [0.15, 0.2) is 5.76 Å². The quantitative estimate of drug-likeness (QED) is 0.378. The van der Waals surface area contributed by atoms with E-state index >= 15 is 0 Å². The summed E-state index contributed by atoms with van der Waals surface area (Å²) in [7, 11) is 0. The number of aryl methyl sites for hydroxylation is 2. The molecule has 1 atom stereocenters. The average Bonchev–Trinajstić information content (AvgIpc) is 3.31. The average molecular weight is 438 g/mol. The SMILES string of the molecule is Cc1ccc(C(c2ccccc2)N2CCN(Cc3cc(-c4ccccc4)no3)CC2)c(C)c1. The molecule has 4 aromatic rings. The number of aromatic nitrogens is 1. The van der Waals surface area contributed by atoms with E-state index in [1.807, 2.05) is 18.2 Å². The van der Waals surface area contributed by atoms with Gasteiger partial charge in [-0.15, -0.1) is 0 Å². The Morgan fingerprint density at radius 2 is 1.52 bits per heavy atom. The third kappa shape index (κ3) is 4.92. The zero-order valence-corrected chi connectivity index (χ0v) is 19.4. The first-order valence-electron chi connectivity index (χ1n) is 11.8. The topological polar surface area (TPSA) is 32.5 Å². The minimum Gasteiger partial charge on any atom is -0.359 e. The molecule has 5 rings (SSSR count). The lowest BCUT2D eigenvalue weighted by molar-refractivity contribution is 0.0978. The molecule has 0 saturated carbocycles. The normalized spacial score (nSPS) is 16.1. The van der Waals surface area contributed by atoms with Gasteiger partial charge in [0.25, 0.3) is 0 Å². The van der Waals surface area contributed by atoms with Gasteiger partial charge in [0.1, 0.15) is 5.69 Å². The van der Waals surface area contributed by atoms with Crippen LogP contribution in [0.5, 0.6) is 0 Å². The van der Waals surface area contributed by atoms with Crippen molar-refractivity contribution in [3.05, 3.63) is 113 Å². The van der Waals surface area contributed by atoms with Crippen LogP contribution < -0.4 is 0 Å². The van der Waals surface area contributed by atoms with E-state index in [1.54, 1.807) is 0 Å². The zero-order valence-electron chi connectivity index (χ0n) is 19.4. The van der Waals surface area contributed by atoms with Crippen LogP contribution in [0, 0.1) is 13.8 Å². The molecule has 1 unspecified atom stereocenters. The molecular formula is C29H31N3O. The summed E-state index contributed by atoms with van der Waals surface area (Å²) in [5, 5.41) is 4.28. The van der Waals surface area contributed by atoms with Crippen LogP contribution >= 0.6 is 0 Å². The first-order valence-corrected chi connectivity index (χ1v) is 11.8. The van der Waals surface area contributed by atoms with Gasteiger partial charge in [0, 0.05) is 37.8 Å². The summed E-state index contributed by atoms with van der Waals surface area (Å²) in [5.41, 5.74) is 7.44. The number of benzene rings is 3. The van der Waals surface area contributed by atoms with Crippen molar-refractivity contribution in [1.29, 1.82) is 0 Å². The zero-order chi connectivity index (χ0) is 22.6. The summed E-state index contributed by atoms with van der Waals surface area (Å²) >= 11 is 0. The highest BCUT2D eigenvalue weighted by atomic mass is 16.5. The highest BCUT2D eigenvalue weighted by Gasteiger charge is 2.27. The number of rotatable bonds is 6. The lowest BCUT2D eigenvalue weighted by atomic mass is 9.92. The second-order valence-corrected chi connectivity index (χ2v) is 9.03. The largest absolute Gasteiger partial charge is 0.359 e. The Labute approximate surface area is 196 Å². The van der Waals surface area contributed by atoms with Crippen LogP contribution in [0.25, 0.3) is 11.3 Å². The predicted molar refractivity (Wildman–Crippen MR) is 133 cm³/mol. The molecule has 1 aliphatic rings. The Bertz CT molecular complexity index is 1180. The molecule has 0 bridgehead atoms. The monoisotopic (exact) mass is 437 g/mol. The van der Waals surface area contributed by atoms with Crippen molar-refractivity contribution >= 4 is 0 Å². The number of piperazine rings is 1. The standard InChI is InChI=1S/C29H31N3O/c1-22-13-14-27(23(2)19-22)29(25-11-7-4-8-12-25)32-17-15-31(16-18-32)21-26-20-28(30-33-26)24-9-5-3-6-10-24/h3-14,19-20,29H,15-18,21H2,1-2H3. The van der Waals surface area contributed by atoms with Crippen LogP contribution in [0.2, 0.25) is 0 Å². The second-order valence-electron chi connectivity index (χ2n) is 9.03. The van der Waals surface area contributed by atoms with Crippen molar-refractivity contribution < 1.29 is 4.52 Å². The molecule has 1 fully saturated rings. The molecule has 1 saturated heterocycles. The molecule has 0 radical (unpaired) electrons. The molecule has 0 aliphatic carbocycles. The number of nitrogens with zero attached hydrogens (tertiary/aromatic N) is 3. The highest BCUT2D eigenvalue weighted by Crippen LogP contribution is 2.32. The van der Waals surface area contributed by atoms with E-state index in [2.05, 4.69) is 95.5 Å². The smallest absolute Gasteiger partial charge is 0.151 e. The van der Waals surface area contributed by atoms with E-state index in [9.17, 15) is 0 Å². The Hall–Kier alpha value is -3.21. The number of hydrogen-bond acceptors (Lipinski definition) is 4. The fraction of sp³-hybridized carbons (Fsp3) is 0.276. The lowest BCUT2D eigenvalue weighted by Crippen LogP contribution is -2.47. The maximum Gasteiger partial charge on any atom is 0.151 e. The van der Waals surface area contributed by atoms with Crippen LogP contribution in [0.15, 0.2) is 89.5 Å². The molecule has 2 heterocycles. The maximum atomic E-state index is 5.66. The van der Waals surface area contributed by atoms with E-state index in [0.29, 0.717) is 0 Å². The van der Waals surface area contributed by atoms with Crippen LogP contribution in [0.4, 0.5) is 0 Å². The van der Waals surface area contributed by atoms with Gasteiger partial charge in [0.2, 0.25) is 0 Å². The molecule has 0 amide bonds. The van der Waals surface area contributed by atoms with E-state index < -0.39 is 0 Å². The minimum atomic E-state index is 0.281. The third-order valence-corrected chi connectivity index (χ3v) is 6.62. The third-order valence-electron chi connectivity index (χ3n) is 6.62. The van der Waals surface area contributed by atoms with Crippen molar-refractivity contribution in [3.8, 4) is 11.3 Å². The number of hydrogen-bond donors (Lipinski definition) is 0. The molecule has 1 aromatic heterocycles. The van der Waals surface area contributed by atoms with Gasteiger partial charge in [-0.05, 0) is 30.5 Å². The molecule has 4 nitrogen and oxygen atoms in total. The molecule has 33 heavy (non-hydrogen) atoms. The first-order chi connectivity index (χ1) is 16.2. The fourth-order valence-electron chi connectivity index (χ4n) is 4.89. The molecule has 4 heteroatoms. The van der Waals surface area contributed by atoms with Crippen LogP contribution in [-0.2, 0) is 6.54 Å². The van der Waals surface area contributed by atoms with Gasteiger partial charge < -0.3 is 4.52 Å². The minimum absolute atomic E-state index is 0.281. The molecule has 168 valence electrons. The van der Waals surface area contributed by atoms with Crippen LogP contribution in [-0.4, -0.2) is 41.1 Å². The van der Waals surface area contributed by atoms with Gasteiger partial charge in [-0.3, -0.25) is 9.80 Å². The van der Waals surface area contributed by atoms with Crippen molar-refractivity contribution in [2.75, 3.05) is 26.2 Å². The summed E-state index contributed by atoms with van der Waals surface area (Å²) < 4.78 is 5.66. The maximum absolute atomic E-state index is 5.66. The van der Waals surface area contributed by atoms with Crippen molar-refractivity contribution in [2.45, 2.75) is 26.4 Å². The van der Waals surface area contributed by atoms with Gasteiger partial charge in [-0.25, -0.2) is 0 Å². The Morgan fingerprint density at radius 1 is 0.818 bits per heavy atom. The lowest BCUT2D eigenvalue weighted by Gasteiger charge is -2.40. The molecular weight excluding hydrogens is 406 g/mol.